The molecule has 1 aliphatic rings. The highest BCUT2D eigenvalue weighted by molar-refractivity contribution is 5.67. The highest BCUT2D eigenvalue weighted by Crippen LogP contribution is 2.27. The molecule has 1 N–H and O–H groups in total. The molecule has 0 saturated carbocycles. The summed E-state index contributed by atoms with van der Waals surface area (Å²) >= 11 is 0. The summed E-state index contributed by atoms with van der Waals surface area (Å²) in [6.07, 6.45) is 1.21. The topological polar surface area (TPSA) is 91.4 Å². The summed E-state index contributed by atoms with van der Waals surface area (Å²) in [5.74, 6) is -0.385. The minimum Gasteiger partial charge on any atom is -0.493 e. The molecule has 2 aromatic carbocycles. The molecule has 1 aliphatic heterocycles. The number of ether oxygens (including phenoxy) is 1. The predicted octanol–water partition coefficient (Wildman–Crippen LogP) is 4.32. The third-order valence-electron chi connectivity index (χ3n) is 5.65. The second-order valence-electron chi connectivity index (χ2n) is 7.85. The van der Waals surface area contributed by atoms with Crippen LogP contribution in [0.2, 0.25) is 0 Å². The number of hydrogen-bond acceptors (Lipinski definition) is 5. The summed E-state index contributed by atoms with van der Waals surface area (Å²) in [5, 5.41) is 23.5. The maximum atomic E-state index is 13.9. The quantitative estimate of drug-likeness (QED) is 0.646. The molecule has 0 spiro atoms. The van der Waals surface area contributed by atoms with E-state index in [1.54, 1.807) is 17.0 Å². The van der Waals surface area contributed by atoms with Crippen LogP contribution in [0.5, 0.6) is 5.88 Å². The number of aromatic hydroxyl groups is 1. The summed E-state index contributed by atoms with van der Waals surface area (Å²) in [6, 6.07) is 17.1. The average molecular weight is 434 g/mol. The first-order valence-electron chi connectivity index (χ1n) is 10.5. The van der Waals surface area contributed by atoms with Gasteiger partial charge in [-0.05, 0) is 36.5 Å². The van der Waals surface area contributed by atoms with E-state index in [0.717, 1.165) is 18.4 Å². The molecule has 4 rings (SSSR count). The third kappa shape index (κ3) is 4.89. The molecule has 7 nitrogen and oxygen atoms in total. The minimum absolute atomic E-state index is 0.00512. The molecule has 1 saturated heterocycles. The van der Waals surface area contributed by atoms with Gasteiger partial charge < -0.3 is 14.7 Å². The molecular weight excluding hydrogens is 411 g/mol. The van der Waals surface area contributed by atoms with Crippen LogP contribution >= 0.6 is 0 Å². The summed E-state index contributed by atoms with van der Waals surface area (Å²) in [6.45, 7) is 1.90. The Morgan fingerprint density at radius 2 is 1.94 bits per heavy atom. The number of likely N-dealkylation sites (tertiary alicyclic amines) is 1. The van der Waals surface area contributed by atoms with Crippen molar-refractivity contribution in [2.45, 2.75) is 26.0 Å². The van der Waals surface area contributed by atoms with Gasteiger partial charge in [0.05, 0.1) is 11.3 Å². The van der Waals surface area contributed by atoms with Crippen LogP contribution in [0.3, 0.4) is 0 Å². The number of aromatic nitrogens is 2. The van der Waals surface area contributed by atoms with Gasteiger partial charge in [-0.2, -0.15) is 10.4 Å². The number of hydrogen-bond donors (Lipinski definition) is 1. The normalized spacial score (nSPS) is 14.2. The van der Waals surface area contributed by atoms with Gasteiger partial charge in [0, 0.05) is 31.3 Å². The first-order valence-corrected chi connectivity index (χ1v) is 10.5. The fourth-order valence-corrected chi connectivity index (χ4v) is 3.80. The lowest BCUT2D eigenvalue weighted by Crippen LogP contribution is -2.39. The number of rotatable bonds is 5. The number of benzene rings is 2. The van der Waals surface area contributed by atoms with Crippen LogP contribution in [0.25, 0.3) is 11.3 Å². The number of piperidine rings is 1. The van der Waals surface area contributed by atoms with Crippen molar-refractivity contribution in [1.29, 1.82) is 5.26 Å². The van der Waals surface area contributed by atoms with Gasteiger partial charge >= 0.3 is 6.09 Å². The smallest absolute Gasteiger partial charge is 0.410 e. The van der Waals surface area contributed by atoms with Gasteiger partial charge in [-0.25, -0.2) is 13.9 Å². The highest BCUT2D eigenvalue weighted by atomic mass is 19.1. The Kier molecular flexibility index (Phi) is 6.36. The summed E-state index contributed by atoms with van der Waals surface area (Å²) < 4.78 is 20.8. The van der Waals surface area contributed by atoms with Crippen molar-refractivity contribution in [2.75, 3.05) is 13.1 Å². The second kappa shape index (κ2) is 9.52. The maximum Gasteiger partial charge on any atom is 0.410 e. The maximum absolute atomic E-state index is 13.9. The second-order valence-corrected chi connectivity index (χ2v) is 7.85. The van der Waals surface area contributed by atoms with Crippen LogP contribution in [0.1, 0.15) is 24.0 Å². The van der Waals surface area contributed by atoms with E-state index in [-0.39, 0.29) is 30.1 Å². The van der Waals surface area contributed by atoms with Crippen molar-refractivity contribution in [3.05, 3.63) is 71.5 Å². The van der Waals surface area contributed by atoms with Gasteiger partial charge in [0.2, 0.25) is 5.88 Å². The van der Waals surface area contributed by atoms with Crippen LogP contribution in [-0.2, 0) is 17.9 Å². The van der Waals surface area contributed by atoms with E-state index in [0.29, 0.717) is 30.9 Å². The molecule has 0 aliphatic carbocycles. The number of carbonyl (C=O) groups excluding carboxylic acids is 1. The Labute approximate surface area is 185 Å². The molecule has 0 atom stereocenters. The number of halogens is 1. The number of nitriles is 1. The first kappa shape index (κ1) is 21.4. The molecule has 0 unspecified atom stereocenters. The van der Waals surface area contributed by atoms with Gasteiger partial charge in [-0.1, -0.05) is 36.4 Å². The van der Waals surface area contributed by atoms with Crippen molar-refractivity contribution >= 4 is 6.09 Å². The van der Waals surface area contributed by atoms with E-state index < -0.39 is 5.82 Å². The van der Waals surface area contributed by atoms with E-state index >= 15 is 0 Å². The lowest BCUT2D eigenvalue weighted by molar-refractivity contribution is 0.0800. The van der Waals surface area contributed by atoms with Gasteiger partial charge in [0.15, 0.2) is 0 Å². The van der Waals surface area contributed by atoms with E-state index in [2.05, 4.69) is 5.10 Å². The van der Waals surface area contributed by atoms with Crippen LogP contribution in [0.15, 0.2) is 54.6 Å². The lowest BCUT2D eigenvalue weighted by Gasteiger charge is -2.31. The van der Waals surface area contributed by atoms with Crippen molar-refractivity contribution in [1.82, 2.24) is 14.7 Å². The van der Waals surface area contributed by atoms with Crippen LogP contribution in [0, 0.1) is 23.1 Å². The van der Waals surface area contributed by atoms with Gasteiger partial charge in [0.25, 0.3) is 0 Å². The standard InChI is InChI=1S/C24H23FN4O3/c25-21-12-19(6-7-20(21)14-26)22-13-23(30)29(27-22)15-17-8-10-28(11-9-17)24(31)32-16-18-4-2-1-3-5-18/h1-7,12-13,17,30H,8-11,15-16H2. The molecule has 8 heteroatoms. The zero-order chi connectivity index (χ0) is 22.5. The lowest BCUT2D eigenvalue weighted by atomic mass is 9.97. The molecule has 32 heavy (non-hydrogen) atoms. The van der Waals surface area contributed by atoms with Crippen molar-refractivity contribution in [3.63, 3.8) is 0 Å². The van der Waals surface area contributed by atoms with Gasteiger partial charge in [-0.15, -0.1) is 0 Å². The molecule has 0 radical (unpaired) electrons. The van der Waals surface area contributed by atoms with E-state index in [1.165, 1.54) is 22.9 Å². The van der Waals surface area contributed by atoms with E-state index in [9.17, 15) is 14.3 Å². The highest BCUT2D eigenvalue weighted by Gasteiger charge is 2.25. The molecule has 2 heterocycles. The molecule has 0 bridgehead atoms. The Morgan fingerprint density at radius 3 is 2.62 bits per heavy atom. The Hall–Kier alpha value is -3.86. The fourth-order valence-electron chi connectivity index (χ4n) is 3.80. The molecule has 1 amide bonds. The predicted molar refractivity (Wildman–Crippen MR) is 115 cm³/mol. The SMILES string of the molecule is N#Cc1ccc(-c2cc(O)n(CC3CCN(C(=O)OCc4ccccc4)CC3)n2)cc1F. The Balaban J connectivity index is 1.31. The van der Waals surface area contributed by atoms with Crippen molar-refractivity contribution in [2.24, 2.45) is 5.92 Å². The van der Waals surface area contributed by atoms with Gasteiger partial charge in [0.1, 0.15) is 18.5 Å². The monoisotopic (exact) mass is 434 g/mol. The van der Waals surface area contributed by atoms with E-state index in [4.69, 9.17) is 10.00 Å². The van der Waals surface area contributed by atoms with E-state index in [1.807, 2.05) is 30.3 Å². The van der Waals surface area contributed by atoms with Gasteiger partial charge in [-0.3, -0.25) is 0 Å². The van der Waals surface area contributed by atoms with Crippen LogP contribution in [0.4, 0.5) is 9.18 Å². The van der Waals surface area contributed by atoms with Crippen molar-refractivity contribution in [3.8, 4) is 23.2 Å². The van der Waals surface area contributed by atoms with Crippen molar-refractivity contribution < 1.29 is 19.0 Å². The molecule has 1 fully saturated rings. The molecular formula is C24H23FN4O3. The average Bonchev–Trinajstić information content (AvgIpc) is 3.18. The Morgan fingerprint density at radius 1 is 1.19 bits per heavy atom. The number of carbonyl (C=O) groups is 1. The molecule has 164 valence electrons. The molecule has 3 aromatic rings. The Bertz CT molecular complexity index is 1130. The first-order chi connectivity index (χ1) is 15.5. The summed E-state index contributed by atoms with van der Waals surface area (Å²) in [5.41, 5.74) is 1.84. The largest absolute Gasteiger partial charge is 0.493 e. The zero-order valence-corrected chi connectivity index (χ0v) is 17.4. The fraction of sp³-hybridized carbons (Fsp3) is 0.292. The van der Waals surface area contributed by atoms with Crippen LogP contribution < -0.4 is 0 Å². The summed E-state index contributed by atoms with van der Waals surface area (Å²) in [4.78, 5) is 14.0. The number of amides is 1. The number of nitrogens with zero attached hydrogens (tertiary/aromatic N) is 4. The summed E-state index contributed by atoms with van der Waals surface area (Å²) in [7, 11) is 0. The molecule has 1 aromatic heterocycles. The van der Waals surface area contributed by atoms with Crippen LogP contribution in [-0.4, -0.2) is 39.0 Å². The minimum atomic E-state index is -0.620. The zero-order valence-electron chi connectivity index (χ0n) is 17.4. The third-order valence-corrected chi connectivity index (χ3v) is 5.65.